The summed E-state index contributed by atoms with van der Waals surface area (Å²) in [4.78, 5) is 12.5. The molecular formula is C19H21N7. The molecule has 0 spiro atoms. The van der Waals surface area contributed by atoms with Crippen LogP contribution in [0.1, 0.15) is 26.7 Å². The Hall–Kier alpha value is -2.96. The summed E-state index contributed by atoms with van der Waals surface area (Å²) >= 11 is 0. The molecule has 1 aromatic carbocycles. The minimum absolute atomic E-state index is 0.422. The van der Waals surface area contributed by atoms with Gasteiger partial charge in [0.15, 0.2) is 0 Å². The zero-order chi connectivity index (χ0) is 17.7. The average molecular weight is 347 g/mol. The van der Waals surface area contributed by atoms with Gasteiger partial charge in [-0.15, -0.1) is 5.10 Å². The van der Waals surface area contributed by atoms with Crippen molar-refractivity contribution in [1.82, 2.24) is 29.9 Å². The Morgan fingerprint density at radius 2 is 2.23 bits per heavy atom. The summed E-state index contributed by atoms with van der Waals surface area (Å²) in [5.41, 5.74) is 5.00. The molecule has 0 bridgehead atoms. The maximum absolute atomic E-state index is 4.65. The average Bonchev–Trinajstić information content (AvgIpc) is 3.31. The molecule has 4 aromatic rings. The van der Waals surface area contributed by atoms with Gasteiger partial charge in [0.2, 0.25) is 5.95 Å². The lowest BCUT2D eigenvalue weighted by atomic mass is 10.1. The van der Waals surface area contributed by atoms with E-state index < -0.39 is 0 Å². The lowest BCUT2D eigenvalue weighted by Gasteiger charge is -2.12. The number of nitrogens with zero attached hydrogens (tertiary/aromatic N) is 5. The number of aromatic nitrogens is 6. The minimum Gasteiger partial charge on any atom is -0.351 e. The smallest absolute Gasteiger partial charge is 0.224 e. The van der Waals surface area contributed by atoms with E-state index >= 15 is 0 Å². The van der Waals surface area contributed by atoms with E-state index in [0.717, 1.165) is 45.7 Å². The highest BCUT2D eigenvalue weighted by Crippen LogP contribution is 2.34. The third-order valence-electron chi connectivity index (χ3n) is 5.24. The van der Waals surface area contributed by atoms with Crippen LogP contribution in [0.4, 0.5) is 5.95 Å². The predicted molar refractivity (Wildman–Crippen MR) is 102 cm³/mol. The van der Waals surface area contributed by atoms with Gasteiger partial charge >= 0.3 is 0 Å². The molecule has 1 aliphatic carbocycles. The van der Waals surface area contributed by atoms with E-state index in [0.29, 0.717) is 12.0 Å². The number of aryl methyl sites for hydroxylation is 1. The van der Waals surface area contributed by atoms with Crippen molar-refractivity contribution < 1.29 is 0 Å². The standard InChI is InChI=1S/C19H21N7/c1-3-26-17-8-13(6-7-16(17)24-25-26)14-9-20-18-15(14)10-21-19(23-18)22-11(2)12-4-5-12/h6-12H,3-5H2,1-2H3,(H2,20,21,22,23)/t11-/m1/s1. The second kappa shape index (κ2) is 5.79. The predicted octanol–water partition coefficient (Wildman–Crippen LogP) is 3.60. The van der Waals surface area contributed by atoms with Gasteiger partial charge in [-0.05, 0) is 50.3 Å². The molecule has 0 radical (unpaired) electrons. The first-order valence-electron chi connectivity index (χ1n) is 9.17. The second-order valence-corrected chi connectivity index (χ2v) is 7.04. The Morgan fingerprint density at radius 3 is 3.04 bits per heavy atom. The van der Waals surface area contributed by atoms with Gasteiger partial charge < -0.3 is 10.3 Å². The summed E-state index contributed by atoms with van der Waals surface area (Å²) in [6, 6.07) is 6.63. The van der Waals surface area contributed by atoms with Crippen LogP contribution in [0.3, 0.4) is 0 Å². The van der Waals surface area contributed by atoms with Crippen LogP contribution in [-0.4, -0.2) is 36.0 Å². The van der Waals surface area contributed by atoms with E-state index in [1.807, 2.05) is 23.1 Å². The van der Waals surface area contributed by atoms with E-state index in [9.17, 15) is 0 Å². The molecule has 5 rings (SSSR count). The molecule has 3 heterocycles. The molecule has 7 nitrogen and oxygen atoms in total. The van der Waals surface area contributed by atoms with Gasteiger partial charge in [0.25, 0.3) is 0 Å². The van der Waals surface area contributed by atoms with Crippen molar-refractivity contribution in [3.05, 3.63) is 30.6 Å². The molecule has 1 aliphatic rings. The summed E-state index contributed by atoms with van der Waals surface area (Å²) in [5, 5.41) is 12.8. The van der Waals surface area contributed by atoms with Crippen molar-refractivity contribution in [3.8, 4) is 11.1 Å². The van der Waals surface area contributed by atoms with Crippen LogP contribution in [0.5, 0.6) is 0 Å². The largest absolute Gasteiger partial charge is 0.351 e. The van der Waals surface area contributed by atoms with E-state index in [1.54, 1.807) is 0 Å². The first-order chi connectivity index (χ1) is 12.7. The van der Waals surface area contributed by atoms with E-state index in [2.05, 4.69) is 56.6 Å². The highest BCUT2D eigenvalue weighted by atomic mass is 15.4. The molecule has 0 amide bonds. The first-order valence-corrected chi connectivity index (χ1v) is 9.17. The molecule has 0 unspecified atom stereocenters. The minimum atomic E-state index is 0.422. The van der Waals surface area contributed by atoms with Gasteiger partial charge in [0, 0.05) is 35.9 Å². The molecule has 0 saturated heterocycles. The van der Waals surface area contributed by atoms with Crippen molar-refractivity contribution in [2.75, 3.05) is 5.32 Å². The zero-order valence-corrected chi connectivity index (χ0v) is 14.9. The summed E-state index contributed by atoms with van der Waals surface area (Å²) in [5.74, 6) is 1.45. The third kappa shape index (κ3) is 2.51. The van der Waals surface area contributed by atoms with E-state index in [1.165, 1.54) is 12.8 Å². The number of benzene rings is 1. The maximum Gasteiger partial charge on any atom is 0.224 e. The lowest BCUT2D eigenvalue weighted by molar-refractivity contribution is 0.646. The monoisotopic (exact) mass is 347 g/mol. The van der Waals surface area contributed by atoms with Crippen molar-refractivity contribution in [2.45, 2.75) is 39.3 Å². The number of fused-ring (bicyclic) bond motifs is 2. The van der Waals surface area contributed by atoms with Crippen LogP contribution >= 0.6 is 0 Å². The fourth-order valence-electron chi connectivity index (χ4n) is 3.50. The topological polar surface area (TPSA) is 84.3 Å². The molecule has 1 atom stereocenters. The van der Waals surface area contributed by atoms with Crippen LogP contribution in [0, 0.1) is 5.92 Å². The normalized spacial score (nSPS) is 15.6. The molecule has 1 saturated carbocycles. The fraction of sp³-hybridized carbons (Fsp3) is 0.368. The Morgan fingerprint density at radius 1 is 1.35 bits per heavy atom. The summed E-state index contributed by atoms with van der Waals surface area (Å²) < 4.78 is 1.91. The number of nitrogens with one attached hydrogen (secondary N) is 2. The van der Waals surface area contributed by atoms with Crippen LogP contribution in [0.25, 0.3) is 33.2 Å². The highest BCUT2D eigenvalue weighted by molar-refractivity contribution is 5.95. The number of rotatable bonds is 5. The first kappa shape index (κ1) is 15.3. The van der Waals surface area contributed by atoms with Gasteiger partial charge in [-0.1, -0.05) is 11.3 Å². The van der Waals surface area contributed by atoms with Gasteiger partial charge in [-0.3, -0.25) is 0 Å². The molecule has 1 fully saturated rings. The van der Waals surface area contributed by atoms with E-state index in [-0.39, 0.29) is 0 Å². The van der Waals surface area contributed by atoms with Crippen LogP contribution in [-0.2, 0) is 6.54 Å². The summed E-state index contributed by atoms with van der Waals surface area (Å²) in [6.45, 7) is 5.06. The summed E-state index contributed by atoms with van der Waals surface area (Å²) in [7, 11) is 0. The molecule has 7 heteroatoms. The fourth-order valence-corrected chi connectivity index (χ4v) is 3.50. The van der Waals surface area contributed by atoms with Crippen molar-refractivity contribution in [3.63, 3.8) is 0 Å². The van der Waals surface area contributed by atoms with Crippen molar-refractivity contribution >= 4 is 28.0 Å². The lowest BCUT2D eigenvalue weighted by Crippen LogP contribution is -2.18. The molecule has 26 heavy (non-hydrogen) atoms. The Kier molecular flexibility index (Phi) is 3.41. The molecule has 132 valence electrons. The number of hydrogen-bond acceptors (Lipinski definition) is 5. The third-order valence-corrected chi connectivity index (χ3v) is 5.24. The Bertz CT molecular complexity index is 1090. The van der Waals surface area contributed by atoms with Gasteiger partial charge in [-0.25, -0.2) is 9.67 Å². The van der Waals surface area contributed by atoms with Crippen LogP contribution in [0.15, 0.2) is 30.6 Å². The zero-order valence-electron chi connectivity index (χ0n) is 14.9. The quantitative estimate of drug-likeness (QED) is 0.576. The van der Waals surface area contributed by atoms with Crippen LogP contribution in [0.2, 0.25) is 0 Å². The molecule has 3 aromatic heterocycles. The van der Waals surface area contributed by atoms with Crippen molar-refractivity contribution in [2.24, 2.45) is 5.92 Å². The number of H-pyrrole nitrogens is 1. The number of anilines is 1. The Balaban J connectivity index is 1.52. The maximum atomic E-state index is 4.65. The van der Waals surface area contributed by atoms with Gasteiger partial charge in [0.1, 0.15) is 11.2 Å². The second-order valence-electron chi connectivity index (χ2n) is 7.04. The van der Waals surface area contributed by atoms with E-state index in [4.69, 9.17) is 0 Å². The van der Waals surface area contributed by atoms with Gasteiger partial charge in [0.05, 0.1) is 5.52 Å². The highest BCUT2D eigenvalue weighted by Gasteiger charge is 2.28. The van der Waals surface area contributed by atoms with Gasteiger partial charge in [-0.2, -0.15) is 4.98 Å². The number of hydrogen-bond donors (Lipinski definition) is 2. The SMILES string of the molecule is CCn1nnc2ccc(-c3c[nH]c4nc(N[C@H](C)C5CC5)ncc34)cc21. The summed E-state index contributed by atoms with van der Waals surface area (Å²) in [6.07, 6.45) is 6.49. The van der Waals surface area contributed by atoms with Crippen molar-refractivity contribution in [1.29, 1.82) is 0 Å². The molecular weight excluding hydrogens is 326 g/mol. The Labute approximate surface area is 150 Å². The van der Waals surface area contributed by atoms with Crippen LogP contribution < -0.4 is 5.32 Å². The molecule has 2 N–H and O–H groups in total. The number of aromatic amines is 1. The molecule has 0 aliphatic heterocycles.